The first-order valence-electron chi connectivity index (χ1n) is 4.50. The Labute approximate surface area is 90.4 Å². The molecule has 2 rings (SSSR count). The van der Waals surface area contributed by atoms with Crippen molar-refractivity contribution in [2.75, 3.05) is 14.1 Å². The summed E-state index contributed by atoms with van der Waals surface area (Å²) in [6.07, 6.45) is 0. The summed E-state index contributed by atoms with van der Waals surface area (Å²) in [5, 5.41) is 2.25. The maximum atomic E-state index is 11.8. The second-order valence-electron chi connectivity index (χ2n) is 3.53. The van der Waals surface area contributed by atoms with Gasteiger partial charge in [0, 0.05) is 7.05 Å². The molecular formula is C8H10N5O3+. The number of amides is 3. The number of carbonyl (C=O) groups excluding carboxylic acids is 3. The first-order valence-corrected chi connectivity index (χ1v) is 4.50. The highest BCUT2D eigenvalue weighted by Gasteiger charge is 2.47. The Hall–Kier alpha value is -2.25. The van der Waals surface area contributed by atoms with Crippen LogP contribution in [0.5, 0.6) is 0 Å². The average molecular weight is 224 g/mol. The van der Waals surface area contributed by atoms with Gasteiger partial charge in [0.05, 0.1) is 7.05 Å². The highest BCUT2D eigenvalue weighted by molar-refractivity contribution is 6.42. The van der Waals surface area contributed by atoms with E-state index < -0.39 is 23.8 Å². The molecule has 2 heterocycles. The molecule has 3 amide bonds. The van der Waals surface area contributed by atoms with Crippen LogP contribution in [0.25, 0.3) is 0 Å². The van der Waals surface area contributed by atoms with E-state index in [4.69, 9.17) is 5.73 Å². The lowest BCUT2D eigenvalue weighted by Gasteiger charge is -2.30. The number of aliphatic imine (C=N–C) groups is 1. The topological polar surface area (TPSA) is 108 Å². The van der Waals surface area contributed by atoms with Gasteiger partial charge in [-0.15, -0.1) is 0 Å². The molecule has 0 bridgehead atoms. The molecule has 1 saturated heterocycles. The Kier molecular flexibility index (Phi) is 2.00. The van der Waals surface area contributed by atoms with Gasteiger partial charge in [0.1, 0.15) is 0 Å². The van der Waals surface area contributed by atoms with Crippen molar-refractivity contribution in [1.29, 1.82) is 0 Å². The molecule has 0 aliphatic carbocycles. The van der Waals surface area contributed by atoms with Gasteiger partial charge in [-0.05, 0) is 0 Å². The van der Waals surface area contributed by atoms with Crippen molar-refractivity contribution in [2.24, 2.45) is 10.7 Å². The molecule has 8 heteroatoms. The van der Waals surface area contributed by atoms with E-state index in [1.807, 2.05) is 0 Å². The molecule has 0 aromatic heterocycles. The van der Waals surface area contributed by atoms with Crippen molar-refractivity contribution in [3.8, 4) is 0 Å². The molecule has 1 fully saturated rings. The molecule has 0 radical (unpaired) electrons. The van der Waals surface area contributed by atoms with Gasteiger partial charge in [-0.1, -0.05) is 4.99 Å². The van der Waals surface area contributed by atoms with Crippen LogP contribution in [0.4, 0.5) is 0 Å². The lowest BCUT2D eigenvalue weighted by atomic mass is 10.1. The largest absolute Gasteiger partial charge is 0.393 e. The fourth-order valence-electron chi connectivity index (χ4n) is 1.57. The Bertz CT molecular complexity index is 478. The number of rotatable bonds is 0. The first-order chi connectivity index (χ1) is 7.43. The van der Waals surface area contributed by atoms with E-state index >= 15 is 0 Å². The molecule has 2 aliphatic heterocycles. The van der Waals surface area contributed by atoms with Crippen molar-refractivity contribution in [3.05, 3.63) is 0 Å². The van der Waals surface area contributed by atoms with Crippen LogP contribution in [0, 0.1) is 0 Å². The van der Waals surface area contributed by atoms with E-state index in [2.05, 4.69) is 10.3 Å². The summed E-state index contributed by atoms with van der Waals surface area (Å²) in [6.45, 7) is 0. The van der Waals surface area contributed by atoms with Crippen molar-refractivity contribution in [2.45, 2.75) is 6.04 Å². The van der Waals surface area contributed by atoms with E-state index in [-0.39, 0.29) is 11.8 Å². The molecule has 3 N–H and O–H groups in total. The number of fused-ring (bicyclic) bond motifs is 1. The molecule has 0 aromatic carbocycles. The van der Waals surface area contributed by atoms with Gasteiger partial charge < -0.3 is 4.90 Å². The highest BCUT2D eigenvalue weighted by Crippen LogP contribution is 2.09. The van der Waals surface area contributed by atoms with E-state index in [1.165, 1.54) is 14.1 Å². The Balaban J connectivity index is 2.50. The van der Waals surface area contributed by atoms with Gasteiger partial charge in [0.2, 0.25) is 11.9 Å². The summed E-state index contributed by atoms with van der Waals surface area (Å²) in [5.41, 5.74) is 5.48. The minimum Gasteiger partial charge on any atom is -0.316 e. The van der Waals surface area contributed by atoms with Crippen LogP contribution >= 0.6 is 0 Å². The molecule has 16 heavy (non-hydrogen) atoms. The van der Waals surface area contributed by atoms with E-state index in [0.717, 1.165) is 9.48 Å². The molecule has 1 atom stereocenters. The fraction of sp³-hybridized carbons (Fsp3) is 0.375. The number of amidine groups is 1. The number of hydrogen-bond donors (Lipinski definition) is 2. The fourth-order valence-corrected chi connectivity index (χ4v) is 1.57. The lowest BCUT2D eigenvalue weighted by molar-refractivity contribution is -0.423. The molecule has 84 valence electrons. The molecule has 0 saturated carbocycles. The van der Waals surface area contributed by atoms with Crippen molar-refractivity contribution < 1.29 is 19.0 Å². The van der Waals surface area contributed by atoms with Crippen LogP contribution in [0.1, 0.15) is 0 Å². The van der Waals surface area contributed by atoms with Gasteiger partial charge in [-0.25, -0.2) is 0 Å². The van der Waals surface area contributed by atoms with Crippen LogP contribution in [0.2, 0.25) is 0 Å². The summed E-state index contributed by atoms with van der Waals surface area (Å²) in [4.78, 5) is 39.3. The number of guanidine groups is 1. The Morgan fingerprint density at radius 3 is 2.69 bits per heavy atom. The van der Waals surface area contributed by atoms with Crippen LogP contribution in [-0.4, -0.2) is 59.1 Å². The van der Waals surface area contributed by atoms with E-state index in [1.54, 1.807) is 0 Å². The van der Waals surface area contributed by atoms with E-state index in [9.17, 15) is 14.4 Å². The zero-order chi connectivity index (χ0) is 12.0. The molecule has 0 aromatic rings. The standard InChI is InChI=1S/C8H9N5O3/c1-12-3-4(10-5(14)7(12)16)11-8(9)13(2)6(3)15/h3H,1-2H3,(H2,9,10,11,14)/p+1. The quantitative estimate of drug-likeness (QED) is 0.334. The van der Waals surface area contributed by atoms with Crippen LogP contribution in [0.15, 0.2) is 4.99 Å². The molecule has 0 spiro atoms. The second kappa shape index (κ2) is 3.12. The zero-order valence-corrected chi connectivity index (χ0v) is 8.72. The molecule has 8 nitrogen and oxygen atoms in total. The number of carbonyl (C=O) groups is 3. The predicted octanol–water partition coefficient (Wildman–Crippen LogP) is -3.16. The maximum Gasteiger partial charge on any atom is 0.393 e. The molecule has 1 unspecified atom stereocenters. The van der Waals surface area contributed by atoms with Gasteiger partial charge in [-0.2, -0.15) is 4.58 Å². The van der Waals surface area contributed by atoms with E-state index in [0.29, 0.717) is 0 Å². The number of hydrogen-bond acceptors (Lipinski definition) is 5. The number of nitrogens with two attached hydrogens (primary N) is 1. The van der Waals surface area contributed by atoms with Gasteiger partial charge in [-0.3, -0.25) is 25.4 Å². The normalized spacial score (nSPS) is 25.4. The third-order valence-corrected chi connectivity index (χ3v) is 2.55. The summed E-state index contributed by atoms with van der Waals surface area (Å²) in [7, 11) is 2.82. The number of likely N-dealkylation sites (N-methyl/N-ethyl adjacent to an activating group) is 2. The minimum atomic E-state index is -0.900. The average Bonchev–Trinajstić information content (AvgIpc) is 2.23. The Morgan fingerprint density at radius 2 is 2.06 bits per heavy atom. The van der Waals surface area contributed by atoms with Crippen molar-refractivity contribution in [1.82, 2.24) is 10.2 Å². The maximum absolute atomic E-state index is 11.8. The SMILES string of the molecule is CN1C(=O)C(=O)NC2=NC(N)=[N+](C)C(=O)C21. The summed E-state index contributed by atoms with van der Waals surface area (Å²) >= 11 is 0. The number of piperazine rings is 1. The smallest absolute Gasteiger partial charge is 0.316 e. The van der Waals surface area contributed by atoms with Gasteiger partial charge >= 0.3 is 23.7 Å². The molecular weight excluding hydrogens is 214 g/mol. The number of nitrogens with zero attached hydrogens (tertiary/aromatic N) is 3. The third kappa shape index (κ3) is 1.19. The monoisotopic (exact) mass is 224 g/mol. The lowest BCUT2D eigenvalue weighted by Crippen LogP contribution is -2.66. The highest BCUT2D eigenvalue weighted by atomic mass is 16.2. The van der Waals surface area contributed by atoms with Gasteiger partial charge in [0.15, 0.2) is 0 Å². The third-order valence-electron chi connectivity index (χ3n) is 2.55. The second-order valence-corrected chi connectivity index (χ2v) is 3.53. The van der Waals surface area contributed by atoms with Crippen LogP contribution in [0.3, 0.4) is 0 Å². The van der Waals surface area contributed by atoms with Crippen LogP contribution < -0.4 is 11.1 Å². The minimum absolute atomic E-state index is 0.0145. The zero-order valence-electron chi connectivity index (χ0n) is 8.72. The van der Waals surface area contributed by atoms with Crippen LogP contribution in [-0.2, 0) is 14.4 Å². The predicted molar refractivity (Wildman–Crippen MR) is 52.5 cm³/mol. The summed E-state index contributed by atoms with van der Waals surface area (Å²) in [5.74, 6) is -1.92. The van der Waals surface area contributed by atoms with Gasteiger partial charge in [0.25, 0.3) is 0 Å². The number of nitrogens with one attached hydrogen (secondary N) is 1. The molecule has 2 aliphatic rings. The van der Waals surface area contributed by atoms with Crippen molar-refractivity contribution in [3.63, 3.8) is 0 Å². The Morgan fingerprint density at radius 1 is 1.44 bits per heavy atom. The summed E-state index contributed by atoms with van der Waals surface area (Å²) in [6, 6.07) is -0.900. The summed E-state index contributed by atoms with van der Waals surface area (Å²) < 4.78 is 1.13. The first kappa shape index (κ1) is 10.3. The van der Waals surface area contributed by atoms with Crippen molar-refractivity contribution >= 4 is 29.5 Å².